The number of thioether (sulfide) groups is 1. The Morgan fingerprint density at radius 2 is 2.18 bits per heavy atom. The van der Waals surface area contributed by atoms with Crippen LogP contribution in [-0.4, -0.2) is 39.6 Å². The molecule has 0 bridgehead atoms. The SMILES string of the molecule is CCC(C)NC(=O)CSc1nnc(-c2ccoc2C)n1-c1cccc(OC)c1. The fourth-order valence-electron chi connectivity index (χ4n) is 2.69. The molecule has 0 saturated carbocycles. The first kappa shape index (κ1) is 20.0. The largest absolute Gasteiger partial charge is 0.497 e. The molecular weight excluding hydrogens is 376 g/mol. The summed E-state index contributed by atoms with van der Waals surface area (Å²) in [5.41, 5.74) is 1.70. The van der Waals surface area contributed by atoms with Crippen LogP contribution in [0.25, 0.3) is 17.1 Å². The van der Waals surface area contributed by atoms with Gasteiger partial charge < -0.3 is 14.5 Å². The van der Waals surface area contributed by atoms with Crippen LogP contribution < -0.4 is 10.1 Å². The van der Waals surface area contributed by atoms with Gasteiger partial charge in [-0.05, 0) is 38.5 Å². The van der Waals surface area contributed by atoms with Crippen LogP contribution in [0.3, 0.4) is 0 Å². The Balaban J connectivity index is 1.95. The lowest BCUT2D eigenvalue weighted by Gasteiger charge is -2.13. The zero-order chi connectivity index (χ0) is 20.1. The number of aromatic nitrogens is 3. The average molecular weight is 401 g/mol. The highest BCUT2D eigenvalue weighted by Crippen LogP contribution is 2.31. The number of carbonyl (C=O) groups excluding carboxylic acids is 1. The Hall–Kier alpha value is -2.74. The number of amides is 1. The third kappa shape index (κ3) is 4.39. The number of ether oxygens (including phenoxy) is 1. The lowest BCUT2D eigenvalue weighted by Crippen LogP contribution is -2.33. The fraction of sp³-hybridized carbons (Fsp3) is 0.350. The van der Waals surface area contributed by atoms with Crippen molar-refractivity contribution in [3.63, 3.8) is 0 Å². The van der Waals surface area contributed by atoms with Crippen LogP contribution in [0.15, 0.2) is 46.2 Å². The maximum absolute atomic E-state index is 12.2. The summed E-state index contributed by atoms with van der Waals surface area (Å²) < 4.78 is 12.7. The third-order valence-corrected chi connectivity index (χ3v) is 5.33. The Kier molecular flexibility index (Phi) is 6.41. The summed E-state index contributed by atoms with van der Waals surface area (Å²) >= 11 is 1.35. The van der Waals surface area contributed by atoms with Gasteiger partial charge in [-0.15, -0.1) is 10.2 Å². The minimum Gasteiger partial charge on any atom is -0.497 e. The molecule has 0 saturated heterocycles. The monoisotopic (exact) mass is 400 g/mol. The van der Waals surface area contributed by atoms with Crippen molar-refractivity contribution >= 4 is 17.7 Å². The van der Waals surface area contributed by atoms with Gasteiger partial charge in [-0.25, -0.2) is 0 Å². The number of hydrogen-bond acceptors (Lipinski definition) is 6. The van der Waals surface area contributed by atoms with Gasteiger partial charge in [0.15, 0.2) is 11.0 Å². The first-order chi connectivity index (χ1) is 13.5. The number of benzene rings is 1. The molecule has 1 unspecified atom stereocenters. The van der Waals surface area contributed by atoms with Gasteiger partial charge in [-0.2, -0.15) is 0 Å². The molecule has 2 heterocycles. The molecule has 1 amide bonds. The number of nitrogens with zero attached hydrogens (tertiary/aromatic N) is 3. The van der Waals surface area contributed by atoms with Crippen LogP contribution in [0.1, 0.15) is 26.0 Å². The van der Waals surface area contributed by atoms with E-state index in [0.717, 1.165) is 29.2 Å². The molecule has 7 nitrogen and oxygen atoms in total. The van der Waals surface area contributed by atoms with Gasteiger partial charge in [0.25, 0.3) is 0 Å². The zero-order valence-corrected chi connectivity index (χ0v) is 17.2. The van der Waals surface area contributed by atoms with E-state index >= 15 is 0 Å². The average Bonchev–Trinajstić information content (AvgIpc) is 3.31. The Morgan fingerprint density at radius 1 is 1.36 bits per heavy atom. The zero-order valence-electron chi connectivity index (χ0n) is 16.4. The van der Waals surface area contributed by atoms with Crippen molar-refractivity contribution < 1.29 is 13.9 Å². The number of hydrogen-bond donors (Lipinski definition) is 1. The number of methoxy groups -OCH3 is 1. The van der Waals surface area contributed by atoms with Gasteiger partial charge in [0, 0.05) is 12.1 Å². The molecular formula is C20H24N4O3S. The molecule has 28 heavy (non-hydrogen) atoms. The van der Waals surface area contributed by atoms with Gasteiger partial charge in [0.05, 0.1) is 30.4 Å². The molecule has 1 N–H and O–H groups in total. The second kappa shape index (κ2) is 8.97. The maximum atomic E-state index is 12.2. The number of furan rings is 1. The van der Waals surface area contributed by atoms with Crippen LogP contribution in [0.4, 0.5) is 0 Å². The van der Waals surface area contributed by atoms with Crippen molar-refractivity contribution in [2.24, 2.45) is 0 Å². The maximum Gasteiger partial charge on any atom is 0.230 e. The fourth-order valence-corrected chi connectivity index (χ4v) is 3.45. The van der Waals surface area contributed by atoms with E-state index in [1.807, 2.05) is 55.7 Å². The summed E-state index contributed by atoms with van der Waals surface area (Å²) in [5, 5.41) is 12.3. The minimum absolute atomic E-state index is 0.0272. The Bertz CT molecular complexity index is 951. The van der Waals surface area contributed by atoms with Crippen LogP contribution in [0, 0.1) is 6.92 Å². The molecule has 2 aromatic heterocycles. The third-order valence-electron chi connectivity index (χ3n) is 4.40. The summed E-state index contributed by atoms with van der Waals surface area (Å²) in [6.07, 6.45) is 2.52. The topological polar surface area (TPSA) is 82.2 Å². The van der Waals surface area contributed by atoms with Crippen LogP contribution in [-0.2, 0) is 4.79 Å². The molecule has 0 fully saturated rings. The molecule has 0 aliphatic heterocycles. The lowest BCUT2D eigenvalue weighted by molar-refractivity contribution is -0.119. The van der Waals surface area contributed by atoms with Crippen LogP contribution in [0.5, 0.6) is 5.75 Å². The summed E-state index contributed by atoms with van der Waals surface area (Å²) in [6, 6.07) is 9.65. The van der Waals surface area contributed by atoms with Gasteiger partial charge in [0.1, 0.15) is 11.5 Å². The highest BCUT2D eigenvalue weighted by atomic mass is 32.2. The molecule has 0 aliphatic carbocycles. The number of aryl methyl sites for hydroxylation is 1. The molecule has 0 aliphatic rings. The summed E-state index contributed by atoms with van der Waals surface area (Å²) in [6.45, 7) is 5.91. The normalized spacial score (nSPS) is 12.0. The van der Waals surface area contributed by atoms with Crippen molar-refractivity contribution in [1.82, 2.24) is 20.1 Å². The molecule has 3 aromatic rings. The van der Waals surface area contributed by atoms with Crippen molar-refractivity contribution in [2.45, 2.75) is 38.4 Å². The van der Waals surface area contributed by atoms with Gasteiger partial charge in [-0.3, -0.25) is 9.36 Å². The molecule has 1 atom stereocenters. The number of rotatable bonds is 8. The van der Waals surface area contributed by atoms with E-state index in [1.54, 1.807) is 13.4 Å². The van der Waals surface area contributed by atoms with Crippen molar-refractivity contribution in [1.29, 1.82) is 0 Å². The van der Waals surface area contributed by atoms with E-state index in [9.17, 15) is 4.79 Å². The van der Waals surface area contributed by atoms with Crippen molar-refractivity contribution in [2.75, 3.05) is 12.9 Å². The predicted octanol–water partition coefficient (Wildman–Crippen LogP) is 3.85. The van der Waals surface area contributed by atoms with Crippen LogP contribution >= 0.6 is 11.8 Å². The molecule has 148 valence electrons. The van der Waals surface area contributed by atoms with Crippen molar-refractivity contribution in [3.05, 3.63) is 42.4 Å². The highest BCUT2D eigenvalue weighted by molar-refractivity contribution is 7.99. The van der Waals surface area contributed by atoms with Gasteiger partial charge >= 0.3 is 0 Å². The van der Waals surface area contributed by atoms with Gasteiger partial charge in [0.2, 0.25) is 5.91 Å². The van der Waals surface area contributed by atoms with Gasteiger partial charge in [-0.1, -0.05) is 24.8 Å². The standard InChI is InChI=1S/C20H24N4O3S/c1-5-13(2)21-18(25)12-28-20-23-22-19(17-9-10-27-14(17)3)24(20)15-7-6-8-16(11-15)26-4/h6-11,13H,5,12H2,1-4H3,(H,21,25). The highest BCUT2D eigenvalue weighted by Gasteiger charge is 2.20. The smallest absolute Gasteiger partial charge is 0.230 e. The summed E-state index contributed by atoms with van der Waals surface area (Å²) in [7, 11) is 1.63. The van der Waals surface area contributed by atoms with E-state index in [2.05, 4.69) is 15.5 Å². The second-order valence-corrected chi connectivity index (χ2v) is 7.34. The summed E-state index contributed by atoms with van der Waals surface area (Å²) in [4.78, 5) is 12.2. The second-order valence-electron chi connectivity index (χ2n) is 6.40. The quantitative estimate of drug-likeness (QED) is 0.579. The number of nitrogens with one attached hydrogen (secondary N) is 1. The van der Waals surface area contributed by atoms with E-state index in [0.29, 0.717) is 11.0 Å². The van der Waals surface area contributed by atoms with E-state index < -0.39 is 0 Å². The predicted molar refractivity (Wildman–Crippen MR) is 109 cm³/mol. The molecule has 0 spiro atoms. The molecule has 1 aromatic carbocycles. The Labute approximate surface area is 168 Å². The number of carbonyl (C=O) groups is 1. The van der Waals surface area contributed by atoms with E-state index in [-0.39, 0.29) is 17.7 Å². The minimum atomic E-state index is -0.0272. The van der Waals surface area contributed by atoms with E-state index in [1.165, 1.54) is 11.8 Å². The van der Waals surface area contributed by atoms with E-state index in [4.69, 9.17) is 9.15 Å². The first-order valence-electron chi connectivity index (χ1n) is 9.10. The first-order valence-corrected chi connectivity index (χ1v) is 10.1. The summed E-state index contributed by atoms with van der Waals surface area (Å²) in [5.74, 6) is 2.37. The van der Waals surface area contributed by atoms with Crippen LogP contribution in [0.2, 0.25) is 0 Å². The molecule has 0 radical (unpaired) electrons. The van der Waals surface area contributed by atoms with Crippen molar-refractivity contribution in [3.8, 4) is 22.8 Å². The molecule has 3 rings (SSSR count). The lowest BCUT2D eigenvalue weighted by atomic mass is 10.2. The molecule has 8 heteroatoms. The Morgan fingerprint density at radius 3 is 2.86 bits per heavy atom.